The molecule has 24 heavy (non-hydrogen) atoms. The van der Waals surface area contributed by atoms with E-state index in [0.717, 1.165) is 71.0 Å². The molecule has 1 saturated heterocycles. The van der Waals surface area contributed by atoms with Gasteiger partial charge in [0, 0.05) is 51.7 Å². The summed E-state index contributed by atoms with van der Waals surface area (Å²) < 4.78 is 2.15. The average molecular weight is 449 g/mol. The first-order valence-corrected chi connectivity index (χ1v) is 8.81. The van der Waals surface area contributed by atoms with Crippen LogP contribution in [-0.4, -0.2) is 65.9 Å². The molecule has 6 nitrogen and oxygen atoms in total. The van der Waals surface area contributed by atoms with Crippen LogP contribution >= 0.6 is 24.0 Å². The molecule has 0 bridgehead atoms. The van der Waals surface area contributed by atoms with E-state index in [-0.39, 0.29) is 30.1 Å². The Morgan fingerprint density at radius 1 is 1.17 bits per heavy atom. The van der Waals surface area contributed by atoms with Crippen molar-refractivity contribution in [3.8, 4) is 0 Å². The number of hydrogen-bond acceptors (Lipinski definition) is 3. The second-order valence-electron chi connectivity index (χ2n) is 6.03. The Morgan fingerprint density at radius 3 is 2.54 bits per heavy atom. The van der Waals surface area contributed by atoms with E-state index < -0.39 is 0 Å². The number of piperidine rings is 1. The van der Waals surface area contributed by atoms with Gasteiger partial charge >= 0.3 is 0 Å². The number of nitrogens with zero attached hydrogens (tertiary/aromatic N) is 3. The van der Waals surface area contributed by atoms with Crippen molar-refractivity contribution in [3.63, 3.8) is 0 Å². The number of guanidine groups is 1. The van der Waals surface area contributed by atoms with Crippen LogP contribution in [0.1, 0.15) is 26.2 Å². The summed E-state index contributed by atoms with van der Waals surface area (Å²) in [7, 11) is 0. The van der Waals surface area contributed by atoms with E-state index in [1.807, 2.05) is 12.1 Å². The standard InChI is InChI=1S/C17H31N5O.HI/c1-2-18-17(20-9-15-21-10-3-4-11-21)19-8-5-12-22-13-6-16(23)7-14-22;/h3-4,10-11,16,23H,2,5-9,12-15H2,1H3,(H2,18,19,20);1H. The van der Waals surface area contributed by atoms with Crippen LogP contribution < -0.4 is 10.6 Å². The van der Waals surface area contributed by atoms with Gasteiger partial charge in [-0.05, 0) is 44.9 Å². The molecule has 0 unspecified atom stereocenters. The van der Waals surface area contributed by atoms with Crippen LogP contribution in [-0.2, 0) is 6.54 Å². The summed E-state index contributed by atoms with van der Waals surface area (Å²) in [6, 6.07) is 4.08. The third-order valence-electron chi connectivity index (χ3n) is 4.13. The maximum absolute atomic E-state index is 9.51. The van der Waals surface area contributed by atoms with Gasteiger partial charge < -0.3 is 25.2 Å². The maximum atomic E-state index is 9.51. The van der Waals surface area contributed by atoms with Gasteiger partial charge in [-0.25, -0.2) is 0 Å². The molecule has 0 aromatic carbocycles. The molecule has 2 rings (SSSR count). The number of aliphatic imine (C=N–C) groups is 1. The molecular weight excluding hydrogens is 417 g/mol. The Labute approximate surface area is 162 Å². The predicted octanol–water partition coefficient (Wildman–Crippen LogP) is 1.51. The van der Waals surface area contributed by atoms with E-state index in [2.05, 4.69) is 44.4 Å². The van der Waals surface area contributed by atoms with Crippen molar-refractivity contribution in [1.29, 1.82) is 0 Å². The largest absolute Gasteiger partial charge is 0.393 e. The highest BCUT2D eigenvalue weighted by Crippen LogP contribution is 2.09. The van der Waals surface area contributed by atoms with Gasteiger partial charge in [0.25, 0.3) is 0 Å². The monoisotopic (exact) mass is 449 g/mol. The number of nitrogens with one attached hydrogen (secondary N) is 2. The van der Waals surface area contributed by atoms with Crippen LogP contribution in [0, 0.1) is 0 Å². The number of likely N-dealkylation sites (tertiary alicyclic amines) is 1. The SMILES string of the molecule is CCNC(=NCCCN1CCC(O)CC1)NCCn1cccc1.I. The molecule has 138 valence electrons. The average Bonchev–Trinajstić information content (AvgIpc) is 3.06. The van der Waals surface area contributed by atoms with Gasteiger partial charge in [0.1, 0.15) is 0 Å². The van der Waals surface area contributed by atoms with E-state index in [1.54, 1.807) is 0 Å². The number of rotatable bonds is 8. The number of hydrogen-bond donors (Lipinski definition) is 3. The number of aliphatic hydroxyl groups is 1. The first-order valence-electron chi connectivity index (χ1n) is 8.81. The fourth-order valence-electron chi connectivity index (χ4n) is 2.79. The first-order chi connectivity index (χ1) is 11.3. The van der Waals surface area contributed by atoms with Crippen LogP contribution in [0.2, 0.25) is 0 Å². The smallest absolute Gasteiger partial charge is 0.191 e. The van der Waals surface area contributed by atoms with Crippen molar-refractivity contribution < 1.29 is 5.11 Å². The minimum atomic E-state index is -0.0888. The molecule has 0 radical (unpaired) electrons. The van der Waals surface area contributed by atoms with Crippen molar-refractivity contribution in [2.24, 2.45) is 4.99 Å². The summed E-state index contributed by atoms with van der Waals surface area (Å²) in [5, 5.41) is 16.2. The summed E-state index contributed by atoms with van der Waals surface area (Å²) in [5.41, 5.74) is 0. The van der Waals surface area contributed by atoms with E-state index in [1.165, 1.54) is 0 Å². The van der Waals surface area contributed by atoms with Gasteiger partial charge in [-0.1, -0.05) is 0 Å². The highest BCUT2D eigenvalue weighted by Gasteiger charge is 2.15. The van der Waals surface area contributed by atoms with Gasteiger partial charge in [0.2, 0.25) is 0 Å². The number of halogens is 1. The zero-order chi connectivity index (χ0) is 16.3. The molecule has 1 aliphatic rings. The third kappa shape index (κ3) is 8.34. The van der Waals surface area contributed by atoms with Crippen molar-refractivity contribution in [3.05, 3.63) is 24.5 Å². The minimum Gasteiger partial charge on any atom is -0.393 e. The second-order valence-corrected chi connectivity index (χ2v) is 6.03. The van der Waals surface area contributed by atoms with E-state index in [0.29, 0.717) is 0 Å². The summed E-state index contributed by atoms with van der Waals surface area (Å²) in [4.78, 5) is 7.07. The maximum Gasteiger partial charge on any atom is 0.191 e. The molecule has 1 aromatic heterocycles. The van der Waals surface area contributed by atoms with Crippen LogP contribution in [0.4, 0.5) is 0 Å². The molecule has 2 heterocycles. The van der Waals surface area contributed by atoms with Crippen molar-refractivity contribution in [2.45, 2.75) is 38.8 Å². The Morgan fingerprint density at radius 2 is 1.88 bits per heavy atom. The van der Waals surface area contributed by atoms with Crippen LogP contribution in [0.5, 0.6) is 0 Å². The summed E-state index contributed by atoms with van der Waals surface area (Å²) in [5.74, 6) is 0.897. The summed E-state index contributed by atoms with van der Waals surface area (Å²) in [6.07, 6.45) is 6.93. The molecule has 0 atom stereocenters. The minimum absolute atomic E-state index is 0. The second kappa shape index (κ2) is 12.5. The lowest BCUT2D eigenvalue weighted by atomic mass is 10.1. The van der Waals surface area contributed by atoms with E-state index >= 15 is 0 Å². The zero-order valence-electron chi connectivity index (χ0n) is 14.7. The molecule has 0 spiro atoms. The van der Waals surface area contributed by atoms with E-state index in [9.17, 15) is 5.11 Å². The normalized spacial score (nSPS) is 16.7. The van der Waals surface area contributed by atoms with Crippen LogP contribution in [0.25, 0.3) is 0 Å². The molecule has 0 amide bonds. The summed E-state index contributed by atoms with van der Waals surface area (Å²) >= 11 is 0. The fraction of sp³-hybridized carbons (Fsp3) is 0.706. The van der Waals surface area contributed by atoms with Crippen molar-refractivity contribution in [2.75, 3.05) is 39.3 Å². The molecule has 0 saturated carbocycles. The topological polar surface area (TPSA) is 64.8 Å². The lowest BCUT2D eigenvalue weighted by Crippen LogP contribution is -2.39. The van der Waals surface area contributed by atoms with E-state index in [4.69, 9.17) is 0 Å². The lowest BCUT2D eigenvalue weighted by molar-refractivity contribution is 0.0824. The van der Waals surface area contributed by atoms with Crippen LogP contribution in [0.15, 0.2) is 29.5 Å². The number of aromatic nitrogens is 1. The Balaban J connectivity index is 0.00000288. The highest BCUT2D eigenvalue weighted by molar-refractivity contribution is 14.0. The Kier molecular flexibility index (Phi) is 11.1. The Hall–Kier alpha value is -0.800. The van der Waals surface area contributed by atoms with Gasteiger partial charge in [-0.15, -0.1) is 24.0 Å². The third-order valence-corrected chi connectivity index (χ3v) is 4.13. The van der Waals surface area contributed by atoms with Gasteiger partial charge in [-0.3, -0.25) is 4.99 Å². The highest BCUT2D eigenvalue weighted by atomic mass is 127. The molecule has 7 heteroatoms. The number of aliphatic hydroxyl groups excluding tert-OH is 1. The molecule has 3 N–H and O–H groups in total. The van der Waals surface area contributed by atoms with Crippen LogP contribution in [0.3, 0.4) is 0 Å². The molecular formula is C17H32IN5O. The van der Waals surface area contributed by atoms with Gasteiger partial charge in [0.15, 0.2) is 5.96 Å². The first kappa shape index (κ1) is 21.2. The molecule has 1 aromatic rings. The lowest BCUT2D eigenvalue weighted by Gasteiger charge is -2.29. The molecule has 0 aliphatic carbocycles. The van der Waals surface area contributed by atoms with Crippen molar-refractivity contribution in [1.82, 2.24) is 20.1 Å². The Bertz CT molecular complexity index is 444. The van der Waals surface area contributed by atoms with Gasteiger partial charge in [-0.2, -0.15) is 0 Å². The molecule has 1 fully saturated rings. The summed E-state index contributed by atoms with van der Waals surface area (Å²) in [6.45, 7) is 8.69. The molecule has 1 aliphatic heterocycles. The predicted molar refractivity (Wildman–Crippen MR) is 110 cm³/mol. The fourth-order valence-corrected chi connectivity index (χ4v) is 2.79. The quantitative estimate of drug-likeness (QED) is 0.244. The van der Waals surface area contributed by atoms with Crippen molar-refractivity contribution >= 4 is 29.9 Å². The van der Waals surface area contributed by atoms with Gasteiger partial charge in [0.05, 0.1) is 6.10 Å². The zero-order valence-corrected chi connectivity index (χ0v) is 17.0.